The van der Waals surface area contributed by atoms with Crippen LogP contribution in [-0.4, -0.2) is 47.6 Å². The Morgan fingerprint density at radius 3 is 2.35 bits per heavy atom. The zero-order chi connectivity index (χ0) is 12.4. The molecule has 5 heteroatoms. The second-order valence-electron chi connectivity index (χ2n) is 4.53. The molecule has 1 saturated heterocycles. The maximum Gasteiger partial charge on any atom is 0.137 e. The van der Waals surface area contributed by atoms with Crippen molar-refractivity contribution < 1.29 is 0 Å². The molecule has 0 aliphatic carbocycles. The predicted molar refractivity (Wildman–Crippen MR) is 70.2 cm³/mol. The van der Waals surface area contributed by atoms with Crippen LogP contribution < -0.4 is 10.6 Å². The van der Waals surface area contributed by atoms with Crippen molar-refractivity contribution in [1.29, 1.82) is 0 Å². The molecule has 0 saturated carbocycles. The van der Waals surface area contributed by atoms with Gasteiger partial charge >= 0.3 is 0 Å². The molecule has 1 aromatic rings. The van der Waals surface area contributed by atoms with Crippen LogP contribution in [0.15, 0.2) is 0 Å². The molecular weight excluding hydrogens is 214 g/mol. The van der Waals surface area contributed by atoms with Crippen molar-refractivity contribution in [3.05, 3.63) is 11.4 Å². The van der Waals surface area contributed by atoms with E-state index in [1.54, 1.807) is 0 Å². The van der Waals surface area contributed by atoms with Crippen LogP contribution in [0.3, 0.4) is 0 Å². The van der Waals surface area contributed by atoms with Crippen LogP contribution >= 0.6 is 0 Å². The Labute approximate surface area is 103 Å². The van der Waals surface area contributed by atoms with Crippen LogP contribution in [0, 0.1) is 13.8 Å². The van der Waals surface area contributed by atoms with Crippen LogP contribution in [-0.2, 0) is 0 Å². The average Bonchev–Trinajstić information content (AvgIpc) is 2.34. The summed E-state index contributed by atoms with van der Waals surface area (Å²) in [7, 11) is 0. The second kappa shape index (κ2) is 4.87. The summed E-state index contributed by atoms with van der Waals surface area (Å²) in [4.78, 5) is 13.5. The van der Waals surface area contributed by atoms with Gasteiger partial charge in [0.1, 0.15) is 17.5 Å². The van der Waals surface area contributed by atoms with Crippen molar-refractivity contribution in [1.82, 2.24) is 14.9 Å². The minimum atomic E-state index is 0.602. The number of anilines is 2. The van der Waals surface area contributed by atoms with Gasteiger partial charge in [0.15, 0.2) is 0 Å². The Hall–Kier alpha value is -1.36. The molecule has 1 aromatic heterocycles. The summed E-state index contributed by atoms with van der Waals surface area (Å²) in [6.45, 7) is 11.4. The number of nitrogen functional groups attached to an aromatic ring is 1. The smallest absolute Gasteiger partial charge is 0.137 e. The zero-order valence-electron chi connectivity index (χ0n) is 10.9. The number of nitrogens with zero attached hydrogens (tertiary/aromatic N) is 4. The molecule has 0 aromatic carbocycles. The maximum absolute atomic E-state index is 5.89. The molecule has 2 rings (SSSR count). The highest BCUT2D eigenvalue weighted by atomic mass is 15.3. The minimum Gasteiger partial charge on any atom is -0.383 e. The molecule has 0 bridgehead atoms. The van der Waals surface area contributed by atoms with Gasteiger partial charge in [-0.25, -0.2) is 9.97 Å². The van der Waals surface area contributed by atoms with Crippen LogP contribution in [0.2, 0.25) is 0 Å². The van der Waals surface area contributed by atoms with E-state index in [1.807, 2.05) is 13.8 Å². The van der Waals surface area contributed by atoms with Crippen molar-refractivity contribution in [2.24, 2.45) is 0 Å². The third-order valence-electron chi connectivity index (χ3n) is 3.39. The van der Waals surface area contributed by atoms with Gasteiger partial charge in [0.2, 0.25) is 0 Å². The fourth-order valence-electron chi connectivity index (χ4n) is 2.22. The molecule has 0 unspecified atom stereocenters. The summed E-state index contributed by atoms with van der Waals surface area (Å²) < 4.78 is 0. The van der Waals surface area contributed by atoms with E-state index in [4.69, 9.17) is 5.73 Å². The fourth-order valence-corrected chi connectivity index (χ4v) is 2.22. The Balaban J connectivity index is 2.18. The molecule has 0 amide bonds. The van der Waals surface area contributed by atoms with Crippen LogP contribution in [0.4, 0.5) is 11.6 Å². The van der Waals surface area contributed by atoms with Gasteiger partial charge in [0.25, 0.3) is 0 Å². The van der Waals surface area contributed by atoms with Crippen LogP contribution in [0.1, 0.15) is 18.3 Å². The first-order valence-electron chi connectivity index (χ1n) is 6.19. The number of nitrogens with two attached hydrogens (primary N) is 1. The standard InChI is InChI=1S/C12H21N5/c1-4-16-5-7-17(8-6-16)12-9(2)11(13)14-10(3)15-12/h4-8H2,1-3H3,(H2,13,14,15). The Kier molecular flexibility index (Phi) is 3.47. The number of aryl methyl sites for hydroxylation is 1. The first-order chi connectivity index (χ1) is 8.11. The van der Waals surface area contributed by atoms with Crippen molar-refractivity contribution >= 4 is 11.6 Å². The highest BCUT2D eigenvalue weighted by Crippen LogP contribution is 2.22. The SMILES string of the molecule is CCN1CCN(c2nc(C)nc(N)c2C)CC1. The molecule has 17 heavy (non-hydrogen) atoms. The van der Waals surface area contributed by atoms with Gasteiger partial charge in [0.05, 0.1) is 0 Å². The Morgan fingerprint density at radius 1 is 1.12 bits per heavy atom. The van der Waals surface area contributed by atoms with E-state index in [0.29, 0.717) is 5.82 Å². The number of aromatic nitrogens is 2. The Bertz CT molecular complexity index is 396. The van der Waals surface area contributed by atoms with Crippen LogP contribution in [0.25, 0.3) is 0 Å². The van der Waals surface area contributed by atoms with Crippen molar-refractivity contribution in [3.63, 3.8) is 0 Å². The molecule has 94 valence electrons. The topological polar surface area (TPSA) is 58.3 Å². The number of hydrogen-bond donors (Lipinski definition) is 1. The monoisotopic (exact) mass is 235 g/mol. The van der Waals surface area contributed by atoms with Crippen molar-refractivity contribution in [3.8, 4) is 0 Å². The zero-order valence-corrected chi connectivity index (χ0v) is 10.9. The van der Waals surface area contributed by atoms with E-state index in [1.165, 1.54) is 0 Å². The van der Waals surface area contributed by atoms with Gasteiger partial charge in [-0.3, -0.25) is 0 Å². The Morgan fingerprint density at radius 2 is 1.76 bits per heavy atom. The fraction of sp³-hybridized carbons (Fsp3) is 0.667. The summed E-state index contributed by atoms with van der Waals surface area (Å²) >= 11 is 0. The first-order valence-corrected chi connectivity index (χ1v) is 6.19. The average molecular weight is 235 g/mol. The van der Waals surface area contributed by atoms with E-state index in [-0.39, 0.29) is 0 Å². The normalized spacial score (nSPS) is 17.5. The van der Waals surface area contributed by atoms with Gasteiger partial charge in [-0.1, -0.05) is 6.92 Å². The third kappa shape index (κ3) is 2.49. The molecule has 5 nitrogen and oxygen atoms in total. The highest BCUT2D eigenvalue weighted by molar-refractivity contribution is 5.56. The van der Waals surface area contributed by atoms with Gasteiger partial charge in [-0.2, -0.15) is 0 Å². The molecule has 0 atom stereocenters. The van der Waals surface area contributed by atoms with Crippen molar-refractivity contribution in [2.45, 2.75) is 20.8 Å². The predicted octanol–water partition coefficient (Wildman–Crippen LogP) is 0.818. The minimum absolute atomic E-state index is 0.602. The van der Waals surface area contributed by atoms with Gasteiger partial charge in [0, 0.05) is 31.7 Å². The lowest BCUT2D eigenvalue weighted by atomic mass is 10.2. The van der Waals surface area contributed by atoms with Gasteiger partial charge < -0.3 is 15.5 Å². The molecule has 1 aliphatic rings. The molecule has 2 N–H and O–H groups in total. The number of piperazine rings is 1. The van der Waals surface area contributed by atoms with E-state index in [9.17, 15) is 0 Å². The summed E-state index contributed by atoms with van der Waals surface area (Å²) in [5.74, 6) is 2.36. The lowest BCUT2D eigenvalue weighted by Crippen LogP contribution is -2.46. The lowest BCUT2D eigenvalue weighted by molar-refractivity contribution is 0.270. The van der Waals surface area contributed by atoms with Crippen LogP contribution in [0.5, 0.6) is 0 Å². The summed E-state index contributed by atoms with van der Waals surface area (Å²) in [5, 5.41) is 0. The number of hydrogen-bond acceptors (Lipinski definition) is 5. The summed E-state index contributed by atoms with van der Waals surface area (Å²) in [5.41, 5.74) is 6.89. The molecule has 1 fully saturated rings. The van der Waals surface area contributed by atoms with E-state index in [0.717, 1.165) is 49.9 Å². The lowest BCUT2D eigenvalue weighted by Gasteiger charge is -2.35. The second-order valence-corrected chi connectivity index (χ2v) is 4.53. The third-order valence-corrected chi connectivity index (χ3v) is 3.39. The van der Waals surface area contributed by atoms with Gasteiger partial charge in [-0.05, 0) is 20.4 Å². The largest absolute Gasteiger partial charge is 0.383 e. The number of likely N-dealkylation sites (N-methyl/N-ethyl adjacent to an activating group) is 1. The van der Waals surface area contributed by atoms with Gasteiger partial charge in [-0.15, -0.1) is 0 Å². The first kappa shape index (κ1) is 12.1. The molecule has 2 heterocycles. The van der Waals surface area contributed by atoms with Crippen molar-refractivity contribution in [2.75, 3.05) is 43.4 Å². The molecule has 0 spiro atoms. The van der Waals surface area contributed by atoms with E-state index < -0.39 is 0 Å². The number of rotatable bonds is 2. The summed E-state index contributed by atoms with van der Waals surface area (Å²) in [6, 6.07) is 0. The summed E-state index contributed by atoms with van der Waals surface area (Å²) in [6.07, 6.45) is 0. The van der Waals surface area contributed by atoms with E-state index in [2.05, 4.69) is 26.7 Å². The quantitative estimate of drug-likeness (QED) is 0.822. The van der Waals surface area contributed by atoms with E-state index >= 15 is 0 Å². The molecule has 1 aliphatic heterocycles. The maximum atomic E-state index is 5.89. The molecular formula is C12H21N5. The highest BCUT2D eigenvalue weighted by Gasteiger charge is 2.19. The molecule has 0 radical (unpaired) electrons.